The second-order valence-electron chi connectivity index (χ2n) is 9.38. The molecule has 0 unspecified atom stereocenters. The molecule has 36 heavy (non-hydrogen) atoms. The number of sulfonamides is 2. The van der Waals surface area contributed by atoms with E-state index in [2.05, 4.69) is 26.7 Å². The van der Waals surface area contributed by atoms with Crippen molar-refractivity contribution in [3.8, 4) is 0 Å². The van der Waals surface area contributed by atoms with Gasteiger partial charge in [0, 0.05) is 37.7 Å². The van der Waals surface area contributed by atoms with Crippen LogP contribution in [0.3, 0.4) is 0 Å². The fourth-order valence-corrected chi connectivity index (χ4v) is 6.88. The summed E-state index contributed by atoms with van der Waals surface area (Å²) in [6, 6.07) is 13.2. The fraction of sp³-hybridized carbons (Fsp3) is 0.400. The minimum Gasteiger partial charge on any atom is -0.323 e. The van der Waals surface area contributed by atoms with Crippen molar-refractivity contribution in [1.82, 2.24) is 14.9 Å². The molecular formula is C25H33N5O4S2. The van der Waals surface area contributed by atoms with Gasteiger partial charge in [0.2, 0.25) is 5.16 Å². The van der Waals surface area contributed by atoms with Crippen LogP contribution in [0.15, 0.2) is 71.0 Å². The summed E-state index contributed by atoms with van der Waals surface area (Å²) < 4.78 is 57.6. The number of hydrogen-bond acceptors (Lipinski definition) is 6. The van der Waals surface area contributed by atoms with Crippen molar-refractivity contribution in [2.75, 3.05) is 9.44 Å². The molecule has 0 bridgehead atoms. The van der Waals surface area contributed by atoms with E-state index in [0.717, 1.165) is 17.9 Å². The number of para-hydroxylation sites is 1. The van der Waals surface area contributed by atoms with Gasteiger partial charge in [0.05, 0.1) is 10.6 Å². The molecule has 3 N–H and O–H groups in total. The van der Waals surface area contributed by atoms with Crippen molar-refractivity contribution in [3.63, 3.8) is 0 Å². The summed E-state index contributed by atoms with van der Waals surface area (Å²) in [6.07, 6.45) is 9.28. The number of aryl methyl sites for hydroxylation is 1. The first-order chi connectivity index (χ1) is 17.1. The smallest absolute Gasteiger partial charge is 0.295 e. The average Bonchev–Trinajstić information content (AvgIpc) is 3.50. The molecule has 0 spiro atoms. The maximum absolute atomic E-state index is 13.1. The number of nitrogens with one attached hydrogen (secondary N) is 3. The normalized spacial score (nSPS) is 15.6. The van der Waals surface area contributed by atoms with Crippen molar-refractivity contribution in [2.45, 2.75) is 61.7 Å². The third-order valence-corrected chi connectivity index (χ3v) is 9.26. The minimum atomic E-state index is -3.89. The van der Waals surface area contributed by atoms with Gasteiger partial charge in [0.25, 0.3) is 20.0 Å². The largest absolute Gasteiger partial charge is 0.323 e. The second kappa shape index (κ2) is 11.0. The summed E-state index contributed by atoms with van der Waals surface area (Å²) in [5, 5.41) is 3.39. The number of imidazole rings is 1. The molecule has 1 saturated carbocycles. The molecule has 2 aromatic carbocycles. The second-order valence-corrected chi connectivity index (χ2v) is 12.6. The molecule has 0 radical (unpaired) electrons. The van der Waals surface area contributed by atoms with Gasteiger partial charge in [-0.15, -0.1) is 0 Å². The van der Waals surface area contributed by atoms with Crippen LogP contribution in [-0.2, 0) is 33.6 Å². The fourth-order valence-electron chi connectivity index (χ4n) is 4.61. The Labute approximate surface area is 213 Å². The van der Waals surface area contributed by atoms with Crippen LogP contribution < -0.4 is 14.8 Å². The minimum absolute atomic E-state index is 0.0276. The van der Waals surface area contributed by atoms with Gasteiger partial charge >= 0.3 is 0 Å². The molecule has 1 heterocycles. The van der Waals surface area contributed by atoms with Crippen molar-refractivity contribution in [1.29, 1.82) is 0 Å². The van der Waals surface area contributed by atoms with E-state index in [-0.39, 0.29) is 15.7 Å². The predicted molar refractivity (Wildman–Crippen MR) is 141 cm³/mol. The van der Waals surface area contributed by atoms with Crippen LogP contribution in [-0.4, -0.2) is 32.4 Å². The zero-order valence-corrected chi connectivity index (χ0v) is 22.1. The van der Waals surface area contributed by atoms with E-state index in [1.54, 1.807) is 19.2 Å². The number of aromatic nitrogens is 2. The SMILES string of the molecule is C[C@@H](CC1CCCC1)NCc1ccccc1NS(=O)(=O)c1ccc(NS(=O)(=O)c2nccn2C)cc1. The first-order valence-corrected chi connectivity index (χ1v) is 15.0. The number of anilines is 2. The van der Waals surface area contributed by atoms with Gasteiger partial charge in [0.1, 0.15) is 0 Å². The van der Waals surface area contributed by atoms with Crippen molar-refractivity contribution in [3.05, 3.63) is 66.5 Å². The zero-order valence-electron chi connectivity index (χ0n) is 20.5. The van der Waals surface area contributed by atoms with Crippen LogP contribution in [0.1, 0.15) is 44.6 Å². The third-order valence-electron chi connectivity index (χ3n) is 6.50. The molecular weight excluding hydrogens is 498 g/mol. The molecule has 0 saturated heterocycles. The van der Waals surface area contributed by atoms with Crippen molar-refractivity contribution < 1.29 is 16.8 Å². The Kier molecular flexibility index (Phi) is 8.01. The number of rotatable bonds is 11. The van der Waals surface area contributed by atoms with E-state index in [1.807, 2.05) is 12.1 Å². The maximum atomic E-state index is 13.1. The monoisotopic (exact) mass is 531 g/mol. The van der Waals surface area contributed by atoms with E-state index >= 15 is 0 Å². The average molecular weight is 532 g/mol. The quantitative estimate of drug-likeness (QED) is 0.343. The topological polar surface area (TPSA) is 122 Å². The van der Waals surface area contributed by atoms with Crippen LogP contribution in [0.5, 0.6) is 0 Å². The summed E-state index contributed by atoms with van der Waals surface area (Å²) in [4.78, 5) is 3.88. The number of nitrogens with zero attached hydrogens (tertiary/aromatic N) is 2. The van der Waals surface area contributed by atoms with E-state index in [1.165, 1.54) is 66.9 Å². The number of benzene rings is 2. The summed E-state index contributed by atoms with van der Waals surface area (Å²) >= 11 is 0. The molecule has 1 fully saturated rings. The Balaban J connectivity index is 1.41. The Morgan fingerprint density at radius 3 is 2.33 bits per heavy atom. The van der Waals surface area contributed by atoms with Crippen LogP contribution >= 0.6 is 0 Å². The highest BCUT2D eigenvalue weighted by Crippen LogP contribution is 2.29. The summed E-state index contributed by atoms with van der Waals surface area (Å²) in [6.45, 7) is 2.73. The molecule has 11 heteroatoms. The van der Waals surface area contributed by atoms with E-state index < -0.39 is 20.0 Å². The lowest BCUT2D eigenvalue weighted by molar-refractivity contribution is 0.404. The van der Waals surface area contributed by atoms with E-state index in [0.29, 0.717) is 18.3 Å². The molecule has 1 aliphatic carbocycles. The highest BCUT2D eigenvalue weighted by atomic mass is 32.2. The Morgan fingerprint density at radius 2 is 1.67 bits per heavy atom. The first kappa shape index (κ1) is 26.2. The van der Waals surface area contributed by atoms with Gasteiger partial charge in [-0.2, -0.15) is 8.42 Å². The highest BCUT2D eigenvalue weighted by Gasteiger charge is 2.21. The van der Waals surface area contributed by atoms with Gasteiger partial charge in [-0.25, -0.2) is 13.4 Å². The van der Waals surface area contributed by atoms with Gasteiger partial charge in [-0.05, 0) is 55.2 Å². The summed E-state index contributed by atoms with van der Waals surface area (Å²) in [5.74, 6) is 0.775. The lowest BCUT2D eigenvalue weighted by Gasteiger charge is -2.19. The van der Waals surface area contributed by atoms with Gasteiger partial charge in [-0.1, -0.05) is 43.9 Å². The van der Waals surface area contributed by atoms with Crippen LogP contribution in [0.2, 0.25) is 0 Å². The van der Waals surface area contributed by atoms with Gasteiger partial charge < -0.3 is 9.88 Å². The van der Waals surface area contributed by atoms with Crippen molar-refractivity contribution >= 4 is 31.4 Å². The van der Waals surface area contributed by atoms with Gasteiger partial charge in [0.15, 0.2) is 0 Å². The molecule has 1 aromatic heterocycles. The molecule has 0 amide bonds. The van der Waals surface area contributed by atoms with Gasteiger partial charge in [-0.3, -0.25) is 9.44 Å². The first-order valence-electron chi connectivity index (χ1n) is 12.1. The molecule has 0 aliphatic heterocycles. The summed E-state index contributed by atoms with van der Waals surface area (Å²) in [7, 11) is -6.19. The van der Waals surface area contributed by atoms with Crippen LogP contribution in [0.4, 0.5) is 11.4 Å². The zero-order chi connectivity index (χ0) is 25.8. The molecule has 9 nitrogen and oxygen atoms in total. The predicted octanol–water partition coefficient (Wildman–Crippen LogP) is 4.08. The lowest BCUT2D eigenvalue weighted by atomic mass is 9.99. The van der Waals surface area contributed by atoms with E-state index in [4.69, 9.17) is 0 Å². The Morgan fingerprint density at radius 1 is 0.972 bits per heavy atom. The number of hydrogen-bond donors (Lipinski definition) is 3. The molecule has 194 valence electrons. The van der Waals surface area contributed by atoms with Crippen LogP contribution in [0.25, 0.3) is 0 Å². The van der Waals surface area contributed by atoms with E-state index in [9.17, 15) is 16.8 Å². The molecule has 4 rings (SSSR count). The van der Waals surface area contributed by atoms with Crippen molar-refractivity contribution in [2.24, 2.45) is 13.0 Å². The standard InChI is InChI=1S/C25H33N5O4S2/c1-19(17-20-7-3-4-8-20)27-18-21-9-5-6-10-24(21)29-35(31,32)23-13-11-22(12-14-23)28-36(33,34)25-26-15-16-30(25)2/h5-6,9-16,19-20,27-29H,3-4,7-8,17-18H2,1-2H3/t19-/m0/s1. The molecule has 1 aliphatic rings. The van der Waals surface area contributed by atoms with Crippen LogP contribution in [0, 0.1) is 5.92 Å². The molecule has 3 aromatic rings. The highest BCUT2D eigenvalue weighted by molar-refractivity contribution is 7.93. The maximum Gasteiger partial charge on any atom is 0.295 e. The third kappa shape index (κ3) is 6.45. The Bertz CT molecular complexity index is 1380. The molecule has 1 atom stereocenters. The Hall–Kier alpha value is -2.89. The summed E-state index contributed by atoms with van der Waals surface area (Å²) in [5.41, 5.74) is 1.61. The lowest BCUT2D eigenvalue weighted by Crippen LogP contribution is -2.28.